The second-order valence-corrected chi connectivity index (χ2v) is 7.84. The highest BCUT2D eigenvalue weighted by atomic mass is 32.2. The minimum absolute atomic E-state index is 0.118. The lowest BCUT2D eigenvalue weighted by atomic mass is 10.2. The zero-order valence-electron chi connectivity index (χ0n) is 16.8. The van der Waals surface area contributed by atoms with Crippen molar-refractivity contribution in [2.75, 3.05) is 48.7 Å². The van der Waals surface area contributed by atoms with Crippen molar-refractivity contribution < 1.29 is 9.21 Å². The Morgan fingerprint density at radius 1 is 1.07 bits per heavy atom. The number of anilines is 2. The molecule has 0 bridgehead atoms. The van der Waals surface area contributed by atoms with E-state index in [1.54, 1.807) is 24.5 Å². The van der Waals surface area contributed by atoms with E-state index in [-0.39, 0.29) is 11.7 Å². The van der Waals surface area contributed by atoms with Crippen molar-refractivity contribution in [1.29, 1.82) is 0 Å². The van der Waals surface area contributed by atoms with Gasteiger partial charge in [0, 0.05) is 55.5 Å². The summed E-state index contributed by atoms with van der Waals surface area (Å²) in [5.74, 6) is 0.488. The number of nitrogens with one attached hydrogen (secondary N) is 1. The van der Waals surface area contributed by atoms with Gasteiger partial charge in [0.05, 0.1) is 5.75 Å². The van der Waals surface area contributed by atoms with Gasteiger partial charge in [0.25, 0.3) is 5.22 Å². The molecule has 1 N–H and O–H groups in total. The molecule has 0 unspecified atom stereocenters. The molecule has 3 heterocycles. The molecule has 1 aliphatic heterocycles. The Kier molecular flexibility index (Phi) is 6.60. The van der Waals surface area contributed by atoms with Gasteiger partial charge in [-0.15, -0.1) is 10.2 Å². The predicted molar refractivity (Wildman–Crippen MR) is 118 cm³/mol. The van der Waals surface area contributed by atoms with E-state index < -0.39 is 0 Å². The van der Waals surface area contributed by atoms with Gasteiger partial charge in [0.15, 0.2) is 0 Å². The number of thioether (sulfide) groups is 1. The van der Waals surface area contributed by atoms with Crippen LogP contribution in [0.1, 0.15) is 6.92 Å². The van der Waals surface area contributed by atoms with Crippen LogP contribution in [0.2, 0.25) is 0 Å². The maximum Gasteiger partial charge on any atom is 0.277 e. The Balaban J connectivity index is 1.26. The van der Waals surface area contributed by atoms with Crippen molar-refractivity contribution in [1.82, 2.24) is 20.1 Å². The lowest BCUT2D eigenvalue weighted by molar-refractivity contribution is -0.113. The van der Waals surface area contributed by atoms with Gasteiger partial charge in [-0.3, -0.25) is 9.78 Å². The molecule has 0 aliphatic carbocycles. The van der Waals surface area contributed by atoms with Crippen molar-refractivity contribution >= 4 is 29.0 Å². The zero-order chi connectivity index (χ0) is 20.8. The lowest BCUT2D eigenvalue weighted by Gasteiger charge is -2.35. The zero-order valence-corrected chi connectivity index (χ0v) is 17.6. The molecule has 8 nitrogen and oxygen atoms in total. The highest BCUT2D eigenvalue weighted by Gasteiger charge is 2.16. The monoisotopic (exact) mass is 424 g/mol. The Morgan fingerprint density at radius 2 is 1.80 bits per heavy atom. The Hall–Kier alpha value is -2.91. The number of benzene rings is 1. The minimum atomic E-state index is -0.118. The molecule has 1 fully saturated rings. The Bertz CT molecular complexity index is 955. The molecule has 3 aromatic rings. The average Bonchev–Trinajstić information content (AvgIpc) is 3.28. The molecule has 0 saturated carbocycles. The van der Waals surface area contributed by atoms with Crippen LogP contribution in [0, 0.1) is 0 Å². The summed E-state index contributed by atoms with van der Waals surface area (Å²) in [6.07, 6.45) is 3.33. The van der Waals surface area contributed by atoms with Crippen molar-refractivity contribution in [3.05, 3.63) is 48.8 Å². The number of carbonyl (C=O) groups is 1. The SMILES string of the molecule is CCN1CCN(c2ccc(NC(=O)CSc3nnc(-c4ccncc4)o3)cc2)CC1. The molecule has 1 aliphatic rings. The van der Waals surface area contributed by atoms with Crippen molar-refractivity contribution in [2.24, 2.45) is 0 Å². The molecule has 2 aromatic heterocycles. The van der Waals surface area contributed by atoms with Gasteiger partial charge in [-0.1, -0.05) is 18.7 Å². The first kappa shape index (κ1) is 20.4. The van der Waals surface area contributed by atoms with Gasteiger partial charge < -0.3 is 19.5 Å². The van der Waals surface area contributed by atoms with Gasteiger partial charge in [0.1, 0.15) is 0 Å². The fourth-order valence-electron chi connectivity index (χ4n) is 3.28. The van der Waals surface area contributed by atoms with E-state index in [9.17, 15) is 4.79 Å². The molecule has 1 amide bonds. The van der Waals surface area contributed by atoms with Gasteiger partial charge in [0.2, 0.25) is 11.8 Å². The van der Waals surface area contributed by atoms with Crippen LogP contribution in [0.3, 0.4) is 0 Å². The third kappa shape index (κ3) is 5.17. The first-order valence-corrected chi connectivity index (χ1v) is 10.9. The standard InChI is InChI=1S/C21H24N6O2S/c1-2-26-11-13-27(14-12-26)18-5-3-17(4-6-18)23-19(28)15-30-21-25-24-20(29-21)16-7-9-22-10-8-16/h3-10H,2,11-15H2,1H3,(H,23,28). The summed E-state index contributed by atoms with van der Waals surface area (Å²) in [6, 6.07) is 11.6. The number of hydrogen-bond donors (Lipinski definition) is 1. The highest BCUT2D eigenvalue weighted by Crippen LogP contribution is 2.23. The van der Waals surface area contributed by atoms with Crippen LogP contribution < -0.4 is 10.2 Å². The summed E-state index contributed by atoms with van der Waals surface area (Å²) >= 11 is 1.21. The van der Waals surface area contributed by atoms with Crippen LogP contribution in [-0.4, -0.2) is 64.5 Å². The topological polar surface area (TPSA) is 87.4 Å². The molecular formula is C21H24N6O2S. The number of rotatable bonds is 7. The van der Waals surface area contributed by atoms with Crippen LogP contribution in [0.4, 0.5) is 11.4 Å². The molecule has 156 valence electrons. The smallest absolute Gasteiger partial charge is 0.277 e. The molecule has 4 rings (SSSR count). The maximum atomic E-state index is 12.3. The third-order valence-electron chi connectivity index (χ3n) is 5.00. The molecule has 0 radical (unpaired) electrons. The van der Waals surface area contributed by atoms with Gasteiger partial charge in [-0.05, 0) is 42.9 Å². The van der Waals surface area contributed by atoms with Crippen LogP contribution in [0.5, 0.6) is 0 Å². The summed E-state index contributed by atoms with van der Waals surface area (Å²) in [5.41, 5.74) is 2.76. The molecule has 30 heavy (non-hydrogen) atoms. The number of amides is 1. The second kappa shape index (κ2) is 9.73. The number of piperazine rings is 1. The summed E-state index contributed by atoms with van der Waals surface area (Å²) in [7, 11) is 0. The lowest BCUT2D eigenvalue weighted by Crippen LogP contribution is -2.46. The number of carbonyl (C=O) groups excluding carboxylic acids is 1. The third-order valence-corrected chi connectivity index (χ3v) is 5.81. The molecule has 0 spiro atoms. The molecule has 1 saturated heterocycles. The minimum Gasteiger partial charge on any atom is -0.411 e. The second-order valence-electron chi connectivity index (χ2n) is 6.91. The van der Waals surface area contributed by atoms with Crippen molar-refractivity contribution in [2.45, 2.75) is 12.1 Å². The van der Waals surface area contributed by atoms with E-state index >= 15 is 0 Å². The van der Waals surface area contributed by atoms with Crippen LogP contribution in [0.15, 0.2) is 58.4 Å². The molecule has 1 aromatic carbocycles. The molecule has 9 heteroatoms. The van der Waals surface area contributed by atoms with E-state index in [1.807, 2.05) is 12.1 Å². The fraction of sp³-hybridized carbons (Fsp3) is 0.333. The quantitative estimate of drug-likeness (QED) is 0.579. The van der Waals surface area contributed by atoms with E-state index in [0.29, 0.717) is 11.1 Å². The van der Waals surface area contributed by atoms with Gasteiger partial charge >= 0.3 is 0 Å². The van der Waals surface area contributed by atoms with E-state index in [0.717, 1.165) is 44.0 Å². The number of hydrogen-bond acceptors (Lipinski definition) is 8. The van der Waals surface area contributed by atoms with Crippen LogP contribution >= 0.6 is 11.8 Å². The predicted octanol–water partition coefficient (Wildman–Crippen LogP) is 3.00. The Labute approximate surface area is 179 Å². The van der Waals surface area contributed by atoms with Crippen molar-refractivity contribution in [3.8, 4) is 11.5 Å². The first-order chi connectivity index (χ1) is 14.7. The summed E-state index contributed by atoms with van der Waals surface area (Å²) in [5, 5.41) is 11.3. The number of pyridine rings is 1. The van der Waals surface area contributed by atoms with Crippen LogP contribution in [0.25, 0.3) is 11.5 Å². The molecular weight excluding hydrogens is 400 g/mol. The largest absolute Gasteiger partial charge is 0.411 e. The average molecular weight is 425 g/mol. The Morgan fingerprint density at radius 3 is 2.50 bits per heavy atom. The number of aromatic nitrogens is 3. The van der Waals surface area contributed by atoms with Crippen LogP contribution in [-0.2, 0) is 4.79 Å². The van der Waals surface area contributed by atoms with Gasteiger partial charge in [-0.2, -0.15) is 0 Å². The van der Waals surface area contributed by atoms with Crippen molar-refractivity contribution in [3.63, 3.8) is 0 Å². The highest BCUT2D eigenvalue weighted by molar-refractivity contribution is 7.99. The normalized spacial score (nSPS) is 14.6. The fourth-order valence-corrected chi connectivity index (χ4v) is 3.84. The van der Waals surface area contributed by atoms with Gasteiger partial charge in [-0.25, -0.2) is 0 Å². The summed E-state index contributed by atoms with van der Waals surface area (Å²) < 4.78 is 5.59. The summed E-state index contributed by atoms with van der Waals surface area (Å²) in [6.45, 7) is 7.54. The first-order valence-electron chi connectivity index (χ1n) is 9.95. The van der Waals surface area contributed by atoms with E-state index in [4.69, 9.17) is 4.42 Å². The van der Waals surface area contributed by atoms with E-state index in [2.05, 4.69) is 49.4 Å². The number of nitrogens with zero attached hydrogens (tertiary/aromatic N) is 5. The molecule has 0 atom stereocenters. The van der Waals surface area contributed by atoms with E-state index in [1.165, 1.54) is 17.4 Å². The number of likely N-dealkylation sites (N-methyl/N-ethyl adjacent to an activating group) is 1. The maximum absolute atomic E-state index is 12.3. The summed E-state index contributed by atoms with van der Waals surface area (Å²) in [4.78, 5) is 21.1.